The minimum Gasteiger partial charge on any atom is -0.380 e. The van der Waals surface area contributed by atoms with Gasteiger partial charge in [-0.05, 0) is 30.9 Å². The van der Waals surface area contributed by atoms with Gasteiger partial charge in [0.15, 0.2) is 5.84 Å². The van der Waals surface area contributed by atoms with Gasteiger partial charge in [0.25, 0.3) is 0 Å². The van der Waals surface area contributed by atoms with Crippen molar-refractivity contribution >= 4 is 27.5 Å². The largest absolute Gasteiger partial charge is 0.380 e. The molecule has 0 saturated carbocycles. The quantitative estimate of drug-likeness (QED) is 0.421. The van der Waals surface area contributed by atoms with Crippen LogP contribution < -0.4 is 16.4 Å². The zero-order valence-electron chi connectivity index (χ0n) is 19.8. The summed E-state index contributed by atoms with van der Waals surface area (Å²) in [6, 6.07) is 9.56. The Bertz CT molecular complexity index is 1150. The third kappa shape index (κ3) is 6.41. The molecule has 184 valence electrons. The van der Waals surface area contributed by atoms with Gasteiger partial charge in [-0.15, -0.1) is 0 Å². The van der Waals surface area contributed by atoms with Crippen LogP contribution in [0.2, 0.25) is 0 Å². The van der Waals surface area contributed by atoms with Crippen LogP contribution in [0, 0.1) is 5.92 Å². The maximum atomic E-state index is 12.4. The Kier molecular flexibility index (Phi) is 8.05. The minimum atomic E-state index is -3.25. The lowest BCUT2D eigenvalue weighted by atomic mass is 9.98. The highest BCUT2D eigenvalue weighted by molar-refractivity contribution is 7.89. The molecule has 1 aromatic heterocycles. The van der Waals surface area contributed by atoms with Crippen molar-refractivity contribution in [3.8, 4) is 0 Å². The number of aromatic nitrogens is 2. The number of anilines is 1. The maximum absolute atomic E-state index is 12.4. The van der Waals surface area contributed by atoms with Gasteiger partial charge in [0, 0.05) is 31.7 Å². The summed E-state index contributed by atoms with van der Waals surface area (Å²) >= 11 is 0. The third-order valence-corrected chi connectivity index (χ3v) is 7.66. The Morgan fingerprint density at radius 2 is 1.88 bits per heavy atom. The average molecular weight is 489 g/mol. The van der Waals surface area contributed by atoms with E-state index in [0.717, 1.165) is 5.69 Å². The highest BCUT2D eigenvalue weighted by Crippen LogP contribution is 2.28. The molecule has 1 aromatic carbocycles. The molecule has 4 N–H and O–H groups in total. The van der Waals surface area contributed by atoms with Gasteiger partial charge in [-0.2, -0.15) is 15.0 Å². The first kappa shape index (κ1) is 25.4. The maximum Gasteiger partial charge on any atom is 0.237 e. The summed E-state index contributed by atoms with van der Waals surface area (Å²) in [5.41, 5.74) is 12.8. The van der Waals surface area contributed by atoms with Crippen LogP contribution in [0.3, 0.4) is 0 Å². The topological polar surface area (TPSA) is 156 Å². The zero-order valence-corrected chi connectivity index (χ0v) is 20.6. The Morgan fingerprint density at radius 3 is 2.50 bits per heavy atom. The molecule has 0 atom stereocenters. The molecule has 2 aromatic rings. The number of benzene rings is 1. The van der Waals surface area contributed by atoms with Gasteiger partial charge >= 0.3 is 0 Å². The van der Waals surface area contributed by atoms with Crippen LogP contribution in [0.5, 0.6) is 0 Å². The first-order valence-electron chi connectivity index (χ1n) is 11.0. The number of sulfonamides is 1. The molecule has 11 nitrogen and oxygen atoms in total. The molecule has 0 bridgehead atoms. The number of aliphatic imine (C=N–C) groups is 2. The number of amidine groups is 1. The van der Waals surface area contributed by atoms with Crippen molar-refractivity contribution in [3.05, 3.63) is 54.4 Å². The van der Waals surface area contributed by atoms with Crippen molar-refractivity contribution in [2.75, 3.05) is 30.8 Å². The second kappa shape index (κ2) is 10.8. The van der Waals surface area contributed by atoms with Gasteiger partial charge in [-0.3, -0.25) is 0 Å². The fourth-order valence-electron chi connectivity index (χ4n) is 3.62. The number of hydrogen-bond donors (Lipinski definition) is 2. The molecular weight excluding hydrogens is 456 g/mol. The molecular formula is C22H32N8O3S. The van der Waals surface area contributed by atoms with E-state index in [4.69, 9.17) is 16.0 Å². The molecule has 3 rings (SSSR count). The molecule has 1 saturated heterocycles. The molecule has 1 aliphatic rings. The van der Waals surface area contributed by atoms with Crippen LogP contribution in [-0.4, -0.2) is 60.5 Å². The van der Waals surface area contributed by atoms with Gasteiger partial charge in [-0.25, -0.2) is 12.7 Å². The molecule has 0 spiro atoms. The molecule has 34 heavy (non-hydrogen) atoms. The van der Waals surface area contributed by atoms with Crippen molar-refractivity contribution in [2.45, 2.75) is 32.6 Å². The Morgan fingerprint density at radius 1 is 1.24 bits per heavy atom. The summed E-state index contributed by atoms with van der Waals surface area (Å²) in [4.78, 5) is 14.3. The third-order valence-electron chi connectivity index (χ3n) is 5.42. The lowest BCUT2D eigenvalue weighted by Crippen LogP contribution is -2.40. The van der Waals surface area contributed by atoms with E-state index in [-0.39, 0.29) is 35.2 Å². The van der Waals surface area contributed by atoms with Crippen molar-refractivity contribution in [3.63, 3.8) is 0 Å². The van der Waals surface area contributed by atoms with Gasteiger partial charge < -0.3 is 20.9 Å². The number of para-hydroxylation sites is 1. The summed E-state index contributed by atoms with van der Waals surface area (Å²) in [7, 11) is -1.44. The summed E-state index contributed by atoms with van der Waals surface area (Å²) in [6.07, 6.45) is 1.18. The van der Waals surface area contributed by atoms with E-state index in [9.17, 15) is 8.42 Å². The van der Waals surface area contributed by atoms with E-state index < -0.39 is 10.0 Å². The van der Waals surface area contributed by atoms with Gasteiger partial charge in [0.1, 0.15) is 5.82 Å². The second-order valence-corrected chi connectivity index (χ2v) is 10.6. The molecule has 1 fully saturated rings. The SMILES string of the molecule is C=C(/N=C(N)\N=C(/N)c1noc(C2CCN(S(=O)(=O)CC(C)C)CC2)n1)N(C)c1ccccc1. The zero-order chi connectivity index (χ0) is 24.9. The summed E-state index contributed by atoms with van der Waals surface area (Å²) < 4.78 is 31.8. The number of nitrogens with zero attached hydrogens (tertiary/aromatic N) is 6. The van der Waals surface area contributed by atoms with Crippen LogP contribution in [0.1, 0.15) is 44.3 Å². The fraction of sp³-hybridized carbons (Fsp3) is 0.455. The summed E-state index contributed by atoms with van der Waals surface area (Å²) in [5, 5.41) is 3.90. The molecule has 0 amide bonds. The minimum absolute atomic E-state index is 0.0386. The van der Waals surface area contributed by atoms with Gasteiger partial charge in [0.05, 0.1) is 5.75 Å². The normalized spacial score (nSPS) is 16.7. The van der Waals surface area contributed by atoms with Crippen LogP contribution >= 0.6 is 0 Å². The number of hydrogen-bond acceptors (Lipinski definition) is 7. The molecule has 1 aliphatic heterocycles. The van der Waals surface area contributed by atoms with E-state index in [1.807, 2.05) is 51.2 Å². The molecule has 12 heteroatoms. The monoisotopic (exact) mass is 488 g/mol. The Labute approximate surface area is 200 Å². The smallest absolute Gasteiger partial charge is 0.237 e. The fourth-order valence-corrected chi connectivity index (χ4v) is 5.44. The van der Waals surface area contributed by atoms with Crippen LogP contribution in [0.25, 0.3) is 0 Å². The van der Waals surface area contributed by atoms with E-state index in [1.54, 1.807) is 4.90 Å². The summed E-state index contributed by atoms with van der Waals surface area (Å²) in [6.45, 7) is 8.52. The molecule has 2 heterocycles. The first-order chi connectivity index (χ1) is 16.1. The van der Waals surface area contributed by atoms with Crippen LogP contribution in [0.4, 0.5) is 5.69 Å². The molecule has 0 unspecified atom stereocenters. The first-order valence-corrected chi connectivity index (χ1v) is 12.7. The van der Waals surface area contributed by atoms with E-state index in [2.05, 4.69) is 26.7 Å². The highest BCUT2D eigenvalue weighted by atomic mass is 32.2. The Balaban J connectivity index is 1.62. The van der Waals surface area contributed by atoms with Crippen molar-refractivity contribution < 1.29 is 12.9 Å². The van der Waals surface area contributed by atoms with E-state index in [1.165, 1.54) is 4.31 Å². The predicted octanol–water partition coefficient (Wildman–Crippen LogP) is 1.86. The Hall–Kier alpha value is -3.25. The standard InChI is InChI=1S/C22H32N8O3S/c1-15(2)14-34(31,32)30-12-10-17(11-13-30)21-27-20(28-33-21)19(23)26-22(24)25-16(3)29(4)18-8-6-5-7-9-18/h5-9,15,17H,3,10-14H2,1-2,4H3,(H4,23,24,25,26). The molecule has 0 radical (unpaired) electrons. The number of guanidine groups is 1. The number of piperidine rings is 1. The van der Waals surface area contributed by atoms with Crippen LogP contribution in [0.15, 0.2) is 57.2 Å². The summed E-state index contributed by atoms with van der Waals surface area (Å²) in [5.74, 6) is 0.922. The van der Waals surface area contributed by atoms with Gasteiger partial charge in [-0.1, -0.05) is 43.8 Å². The number of nitrogens with two attached hydrogens (primary N) is 2. The van der Waals surface area contributed by atoms with Gasteiger partial charge in [0.2, 0.25) is 27.7 Å². The van der Waals surface area contributed by atoms with Crippen molar-refractivity contribution in [1.82, 2.24) is 14.4 Å². The number of rotatable bonds is 8. The lowest BCUT2D eigenvalue weighted by Gasteiger charge is -2.30. The second-order valence-electron chi connectivity index (χ2n) is 8.58. The lowest BCUT2D eigenvalue weighted by molar-refractivity contribution is 0.270. The predicted molar refractivity (Wildman–Crippen MR) is 133 cm³/mol. The van der Waals surface area contributed by atoms with E-state index in [0.29, 0.717) is 37.6 Å². The van der Waals surface area contributed by atoms with E-state index >= 15 is 0 Å². The average Bonchev–Trinajstić information content (AvgIpc) is 3.29. The van der Waals surface area contributed by atoms with Crippen LogP contribution in [-0.2, 0) is 10.0 Å². The highest BCUT2D eigenvalue weighted by Gasteiger charge is 2.31. The van der Waals surface area contributed by atoms with Crippen molar-refractivity contribution in [2.24, 2.45) is 27.4 Å². The van der Waals surface area contributed by atoms with Crippen molar-refractivity contribution in [1.29, 1.82) is 0 Å². The molecule has 0 aliphatic carbocycles.